The van der Waals surface area contributed by atoms with Gasteiger partial charge >= 0.3 is 0 Å². The molecular weight excluding hydrogens is 152 g/mol. The lowest BCUT2D eigenvalue weighted by molar-refractivity contribution is -0.0878. The summed E-state index contributed by atoms with van der Waals surface area (Å²) in [5, 5.41) is 17.9. The number of hydrogen-bond acceptors (Lipinski definition) is 2. The van der Waals surface area contributed by atoms with E-state index in [2.05, 4.69) is 13.8 Å². The summed E-state index contributed by atoms with van der Waals surface area (Å²) in [4.78, 5) is 0. The first kappa shape index (κ1) is 11.9. The Labute approximate surface area is 75.6 Å². The summed E-state index contributed by atoms with van der Waals surface area (Å²) in [6.45, 7) is 6.37. The molecule has 2 heteroatoms. The van der Waals surface area contributed by atoms with E-state index in [0.717, 1.165) is 19.3 Å². The number of rotatable bonds is 6. The number of aliphatic hydroxyl groups excluding tert-OH is 1. The van der Waals surface area contributed by atoms with E-state index >= 15 is 0 Å². The van der Waals surface area contributed by atoms with Gasteiger partial charge in [-0.2, -0.15) is 0 Å². The smallest absolute Gasteiger partial charge is 0.154 e. The zero-order valence-electron chi connectivity index (χ0n) is 8.45. The molecule has 0 aliphatic heterocycles. The molecule has 2 unspecified atom stereocenters. The Balaban J connectivity index is 3.58. The fourth-order valence-electron chi connectivity index (χ4n) is 1.27. The van der Waals surface area contributed by atoms with Crippen molar-refractivity contribution < 1.29 is 10.2 Å². The molecule has 0 aromatic rings. The molecule has 0 heterocycles. The fraction of sp³-hybridized carbons (Fsp3) is 1.00. The first-order valence-electron chi connectivity index (χ1n) is 4.97. The van der Waals surface area contributed by atoms with E-state index in [1.165, 1.54) is 6.42 Å². The van der Waals surface area contributed by atoms with Crippen LogP contribution in [0.5, 0.6) is 0 Å². The molecule has 2 N–H and O–H groups in total. The van der Waals surface area contributed by atoms with Gasteiger partial charge in [0, 0.05) is 5.92 Å². The van der Waals surface area contributed by atoms with Gasteiger partial charge in [0.05, 0.1) is 0 Å². The first-order chi connectivity index (χ1) is 5.61. The first-order valence-corrected chi connectivity index (χ1v) is 4.97. The largest absolute Gasteiger partial charge is 0.368 e. The summed E-state index contributed by atoms with van der Waals surface area (Å²) in [5.74, 6) is 0.775. The molecule has 0 aliphatic rings. The quantitative estimate of drug-likeness (QED) is 0.606. The van der Waals surface area contributed by atoms with Crippen LogP contribution in [0.2, 0.25) is 0 Å². The lowest BCUT2D eigenvalue weighted by atomic mass is 9.93. The predicted octanol–water partition coefficient (Wildman–Crippen LogP) is 2.15. The van der Waals surface area contributed by atoms with Crippen LogP contribution in [0.4, 0.5) is 0 Å². The number of aliphatic hydroxyl groups is 2. The van der Waals surface area contributed by atoms with Crippen molar-refractivity contribution in [3.05, 3.63) is 0 Å². The van der Waals surface area contributed by atoms with Crippen LogP contribution in [-0.2, 0) is 0 Å². The van der Waals surface area contributed by atoms with Crippen LogP contribution in [-0.4, -0.2) is 16.5 Å². The Hall–Kier alpha value is -0.0800. The second-order valence-corrected chi connectivity index (χ2v) is 3.67. The molecule has 2 atom stereocenters. The highest BCUT2D eigenvalue weighted by Gasteiger charge is 2.14. The average Bonchev–Trinajstić information content (AvgIpc) is 2.04. The molecule has 0 bridgehead atoms. The summed E-state index contributed by atoms with van der Waals surface area (Å²) in [6, 6.07) is 0. The third-order valence-corrected chi connectivity index (χ3v) is 2.67. The Morgan fingerprint density at radius 2 is 1.58 bits per heavy atom. The topological polar surface area (TPSA) is 40.5 Å². The van der Waals surface area contributed by atoms with E-state index in [1.54, 1.807) is 0 Å². The number of hydrogen-bond donors (Lipinski definition) is 2. The minimum Gasteiger partial charge on any atom is -0.368 e. The summed E-state index contributed by atoms with van der Waals surface area (Å²) >= 11 is 0. The molecule has 0 spiro atoms. The fourth-order valence-corrected chi connectivity index (χ4v) is 1.27. The second kappa shape index (κ2) is 6.44. The molecule has 0 fully saturated rings. The molecule has 74 valence electrons. The zero-order chi connectivity index (χ0) is 9.56. The molecule has 0 saturated carbocycles. The molecule has 0 rings (SSSR count). The Morgan fingerprint density at radius 1 is 1.00 bits per heavy atom. The summed E-state index contributed by atoms with van der Waals surface area (Å²) < 4.78 is 0. The maximum Gasteiger partial charge on any atom is 0.154 e. The zero-order valence-corrected chi connectivity index (χ0v) is 8.45. The van der Waals surface area contributed by atoms with Crippen molar-refractivity contribution in [2.75, 3.05) is 0 Å². The van der Waals surface area contributed by atoms with Gasteiger partial charge in [-0.25, -0.2) is 0 Å². The van der Waals surface area contributed by atoms with Gasteiger partial charge in [0.25, 0.3) is 0 Å². The van der Waals surface area contributed by atoms with Crippen molar-refractivity contribution in [2.24, 2.45) is 11.8 Å². The average molecular weight is 174 g/mol. The summed E-state index contributed by atoms with van der Waals surface area (Å²) in [6.07, 6.45) is 2.95. The molecule has 12 heavy (non-hydrogen) atoms. The second-order valence-electron chi connectivity index (χ2n) is 3.67. The van der Waals surface area contributed by atoms with E-state index in [-0.39, 0.29) is 5.92 Å². The highest BCUT2D eigenvalue weighted by atomic mass is 16.5. The van der Waals surface area contributed by atoms with Gasteiger partial charge in [0.1, 0.15) is 0 Å². The normalized spacial score (nSPS) is 16.5. The van der Waals surface area contributed by atoms with E-state index in [4.69, 9.17) is 10.2 Å². The molecular formula is C10H22O2. The molecule has 0 aromatic heterocycles. The van der Waals surface area contributed by atoms with Crippen molar-refractivity contribution in [2.45, 2.75) is 52.7 Å². The van der Waals surface area contributed by atoms with E-state index in [1.807, 2.05) is 6.92 Å². The van der Waals surface area contributed by atoms with Crippen LogP contribution in [0, 0.1) is 11.8 Å². The lowest BCUT2D eigenvalue weighted by Crippen LogP contribution is -2.19. The van der Waals surface area contributed by atoms with Crippen LogP contribution in [0.3, 0.4) is 0 Å². The van der Waals surface area contributed by atoms with E-state index in [0.29, 0.717) is 5.92 Å². The maximum absolute atomic E-state index is 8.95. The van der Waals surface area contributed by atoms with Gasteiger partial charge in [-0.1, -0.05) is 33.6 Å². The molecule has 0 radical (unpaired) electrons. The van der Waals surface area contributed by atoms with Gasteiger partial charge in [-0.05, 0) is 18.8 Å². The van der Waals surface area contributed by atoms with Crippen LogP contribution < -0.4 is 0 Å². The van der Waals surface area contributed by atoms with Gasteiger partial charge in [-0.15, -0.1) is 0 Å². The van der Waals surface area contributed by atoms with Crippen molar-refractivity contribution in [1.29, 1.82) is 0 Å². The van der Waals surface area contributed by atoms with Crippen molar-refractivity contribution in [3.63, 3.8) is 0 Å². The van der Waals surface area contributed by atoms with Gasteiger partial charge in [0.15, 0.2) is 6.29 Å². The molecule has 0 aliphatic carbocycles. The third-order valence-electron chi connectivity index (χ3n) is 2.67. The Bertz CT molecular complexity index is 102. The van der Waals surface area contributed by atoms with Gasteiger partial charge < -0.3 is 10.2 Å². The SMILES string of the molecule is CCC(C)CCC(CC)C(O)O. The minimum absolute atomic E-state index is 0.0685. The highest BCUT2D eigenvalue weighted by molar-refractivity contribution is 4.61. The molecule has 2 nitrogen and oxygen atoms in total. The Kier molecular flexibility index (Phi) is 6.39. The summed E-state index contributed by atoms with van der Waals surface area (Å²) in [5.41, 5.74) is 0. The van der Waals surface area contributed by atoms with Crippen LogP contribution in [0.1, 0.15) is 46.5 Å². The van der Waals surface area contributed by atoms with Crippen LogP contribution >= 0.6 is 0 Å². The third kappa shape index (κ3) is 4.73. The predicted molar refractivity (Wildman–Crippen MR) is 50.7 cm³/mol. The molecule has 0 aromatic carbocycles. The lowest BCUT2D eigenvalue weighted by Gasteiger charge is -2.18. The van der Waals surface area contributed by atoms with Crippen LogP contribution in [0.25, 0.3) is 0 Å². The maximum atomic E-state index is 8.95. The van der Waals surface area contributed by atoms with Crippen LogP contribution in [0.15, 0.2) is 0 Å². The monoisotopic (exact) mass is 174 g/mol. The van der Waals surface area contributed by atoms with Crippen molar-refractivity contribution in [1.82, 2.24) is 0 Å². The molecule has 0 saturated heterocycles. The molecule has 0 amide bonds. The summed E-state index contributed by atoms with van der Waals surface area (Å²) in [7, 11) is 0. The van der Waals surface area contributed by atoms with Gasteiger partial charge in [0.2, 0.25) is 0 Å². The highest BCUT2D eigenvalue weighted by Crippen LogP contribution is 2.19. The minimum atomic E-state index is -1.13. The van der Waals surface area contributed by atoms with Crippen molar-refractivity contribution >= 4 is 0 Å². The standard InChI is InChI=1S/C10H22O2/c1-4-8(3)6-7-9(5-2)10(11)12/h8-12H,4-7H2,1-3H3. The van der Waals surface area contributed by atoms with Crippen molar-refractivity contribution in [3.8, 4) is 0 Å². The Morgan fingerprint density at radius 3 is 1.92 bits per heavy atom. The van der Waals surface area contributed by atoms with E-state index in [9.17, 15) is 0 Å². The van der Waals surface area contributed by atoms with E-state index < -0.39 is 6.29 Å². The van der Waals surface area contributed by atoms with Gasteiger partial charge in [-0.3, -0.25) is 0 Å².